The van der Waals surface area contributed by atoms with Crippen LogP contribution in [0, 0.1) is 17.5 Å². The van der Waals surface area contributed by atoms with Crippen molar-refractivity contribution in [3.63, 3.8) is 0 Å². The smallest absolute Gasteiger partial charge is 0.248 e. The molecule has 20 heavy (non-hydrogen) atoms. The largest absolute Gasteiger partial charge is 0.320 e. The van der Waals surface area contributed by atoms with Gasteiger partial charge < -0.3 is 5.32 Å². The van der Waals surface area contributed by atoms with Crippen molar-refractivity contribution in [2.45, 2.75) is 0 Å². The number of nitrogens with one attached hydrogen (secondary N) is 1. The molecular weight excluding hydrogens is 267 g/mol. The monoisotopic (exact) mass is 277 g/mol. The summed E-state index contributed by atoms with van der Waals surface area (Å²) < 4.78 is 38.7. The molecule has 1 N–H and O–H groups in total. The zero-order valence-corrected chi connectivity index (χ0v) is 10.2. The van der Waals surface area contributed by atoms with E-state index in [2.05, 4.69) is 5.32 Å². The number of anilines is 1. The fraction of sp³-hybridized carbons (Fsp3) is 0. The standard InChI is InChI=1S/C15H10F3NO/c16-11-4-1-10(2-5-11)3-8-15(20)19-14-7-6-12(17)9-13(14)18/h1-9H,(H,19,20)/b8-3+. The van der Waals surface area contributed by atoms with E-state index >= 15 is 0 Å². The van der Waals surface area contributed by atoms with Gasteiger partial charge in [0.05, 0.1) is 5.69 Å². The van der Waals surface area contributed by atoms with Gasteiger partial charge in [-0.15, -0.1) is 0 Å². The van der Waals surface area contributed by atoms with Gasteiger partial charge in [0.2, 0.25) is 5.91 Å². The Balaban J connectivity index is 2.03. The van der Waals surface area contributed by atoms with Crippen LogP contribution in [0.3, 0.4) is 0 Å². The third-order valence-corrected chi connectivity index (χ3v) is 2.49. The Labute approximate surface area is 113 Å². The molecule has 2 aromatic carbocycles. The number of carbonyl (C=O) groups is 1. The van der Waals surface area contributed by atoms with E-state index in [1.807, 2.05) is 0 Å². The SMILES string of the molecule is O=C(/C=C/c1ccc(F)cc1)Nc1ccc(F)cc1F. The minimum Gasteiger partial charge on any atom is -0.320 e. The van der Waals surface area contributed by atoms with Crippen molar-refractivity contribution >= 4 is 17.7 Å². The van der Waals surface area contributed by atoms with E-state index in [1.54, 1.807) is 0 Å². The molecule has 0 unspecified atom stereocenters. The second kappa shape index (κ2) is 6.06. The lowest BCUT2D eigenvalue weighted by molar-refractivity contribution is -0.111. The fourth-order valence-corrected chi connectivity index (χ4v) is 1.51. The fourth-order valence-electron chi connectivity index (χ4n) is 1.51. The maximum absolute atomic E-state index is 13.3. The lowest BCUT2D eigenvalue weighted by Gasteiger charge is -2.03. The maximum Gasteiger partial charge on any atom is 0.248 e. The molecule has 0 radical (unpaired) electrons. The van der Waals surface area contributed by atoms with Gasteiger partial charge in [-0.3, -0.25) is 4.79 Å². The summed E-state index contributed by atoms with van der Waals surface area (Å²) in [6.07, 6.45) is 2.63. The van der Waals surface area contributed by atoms with Crippen LogP contribution in [0.25, 0.3) is 6.08 Å². The average molecular weight is 277 g/mol. The summed E-state index contributed by atoms with van der Waals surface area (Å²) in [5.74, 6) is -2.52. The highest BCUT2D eigenvalue weighted by atomic mass is 19.1. The van der Waals surface area contributed by atoms with Crippen molar-refractivity contribution < 1.29 is 18.0 Å². The summed E-state index contributed by atoms with van der Waals surface area (Å²) >= 11 is 0. The molecule has 0 saturated heterocycles. The van der Waals surface area contributed by atoms with Gasteiger partial charge in [0, 0.05) is 12.1 Å². The first-order valence-electron chi connectivity index (χ1n) is 5.74. The van der Waals surface area contributed by atoms with Crippen LogP contribution in [0.1, 0.15) is 5.56 Å². The highest BCUT2D eigenvalue weighted by molar-refractivity contribution is 6.01. The first kappa shape index (κ1) is 13.9. The van der Waals surface area contributed by atoms with Crippen molar-refractivity contribution in [1.82, 2.24) is 0 Å². The lowest BCUT2D eigenvalue weighted by atomic mass is 10.2. The number of hydrogen-bond acceptors (Lipinski definition) is 1. The predicted molar refractivity (Wildman–Crippen MR) is 70.4 cm³/mol. The summed E-state index contributed by atoms with van der Waals surface area (Å²) in [5.41, 5.74) is 0.515. The van der Waals surface area contributed by atoms with E-state index in [0.29, 0.717) is 11.6 Å². The molecular formula is C15H10F3NO. The first-order chi connectivity index (χ1) is 9.54. The quantitative estimate of drug-likeness (QED) is 0.850. The van der Waals surface area contributed by atoms with Crippen LogP contribution in [0.15, 0.2) is 48.5 Å². The number of hydrogen-bond donors (Lipinski definition) is 1. The van der Waals surface area contributed by atoms with Gasteiger partial charge in [0.25, 0.3) is 0 Å². The third-order valence-electron chi connectivity index (χ3n) is 2.49. The van der Waals surface area contributed by atoms with Gasteiger partial charge in [-0.1, -0.05) is 12.1 Å². The average Bonchev–Trinajstić information content (AvgIpc) is 2.41. The minimum absolute atomic E-state index is 0.111. The first-order valence-corrected chi connectivity index (χ1v) is 5.74. The molecule has 2 aromatic rings. The summed E-state index contributed by atoms with van der Waals surface area (Å²) in [6, 6.07) is 8.37. The van der Waals surface area contributed by atoms with Gasteiger partial charge in [0.15, 0.2) is 0 Å². The van der Waals surface area contributed by atoms with E-state index in [-0.39, 0.29) is 11.5 Å². The van der Waals surface area contributed by atoms with Crippen molar-refractivity contribution in [2.75, 3.05) is 5.32 Å². The molecule has 0 saturated carbocycles. The molecule has 102 valence electrons. The van der Waals surface area contributed by atoms with Crippen LogP contribution in [0.2, 0.25) is 0 Å². The Morgan fingerprint density at radius 1 is 0.950 bits per heavy atom. The molecule has 0 spiro atoms. The van der Waals surface area contributed by atoms with E-state index in [4.69, 9.17) is 0 Å². The normalized spacial score (nSPS) is 10.8. The maximum atomic E-state index is 13.3. The zero-order chi connectivity index (χ0) is 14.5. The third kappa shape index (κ3) is 3.71. The second-order valence-corrected chi connectivity index (χ2v) is 4.00. The van der Waals surface area contributed by atoms with E-state index in [9.17, 15) is 18.0 Å². The van der Waals surface area contributed by atoms with E-state index < -0.39 is 17.5 Å². The molecule has 0 fully saturated rings. The summed E-state index contributed by atoms with van der Waals surface area (Å²) in [4.78, 5) is 11.6. The van der Waals surface area contributed by atoms with E-state index in [1.165, 1.54) is 36.4 Å². The summed E-state index contributed by atoms with van der Waals surface area (Å²) in [5, 5.41) is 2.28. The van der Waals surface area contributed by atoms with Crippen LogP contribution in [0.4, 0.5) is 18.9 Å². The molecule has 0 aliphatic rings. The Morgan fingerprint density at radius 2 is 1.60 bits per heavy atom. The number of carbonyl (C=O) groups excluding carboxylic acids is 1. The molecule has 2 nitrogen and oxygen atoms in total. The molecule has 1 amide bonds. The van der Waals surface area contributed by atoms with Gasteiger partial charge in [-0.05, 0) is 35.9 Å². The summed E-state index contributed by atoms with van der Waals surface area (Å²) in [6.45, 7) is 0. The summed E-state index contributed by atoms with van der Waals surface area (Å²) in [7, 11) is 0. The molecule has 0 aliphatic carbocycles. The molecule has 0 aliphatic heterocycles. The second-order valence-electron chi connectivity index (χ2n) is 4.00. The van der Waals surface area contributed by atoms with Gasteiger partial charge in [0.1, 0.15) is 17.5 Å². The van der Waals surface area contributed by atoms with Crippen LogP contribution in [0.5, 0.6) is 0 Å². The van der Waals surface area contributed by atoms with Crippen LogP contribution in [-0.4, -0.2) is 5.91 Å². The number of halogens is 3. The predicted octanol–water partition coefficient (Wildman–Crippen LogP) is 3.76. The zero-order valence-electron chi connectivity index (χ0n) is 10.2. The highest BCUT2D eigenvalue weighted by Crippen LogP contribution is 2.15. The van der Waals surface area contributed by atoms with Crippen LogP contribution in [-0.2, 0) is 4.79 Å². The molecule has 0 aromatic heterocycles. The van der Waals surface area contributed by atoms with Crippen molar-refractivity contribution in [3.05, 3.63) is 71.6 Å². The van der Waals surface area contributed by atoms with Gasteiger partial charge in [-0.25, -0.2) is 13.2 Å². The van der Waals surface area contributed by atoms with Crippen molar-refractivity contribution in [1.29, 1.82) is 0 Å². The Hall–Kier alpha value is -2.56. The highest BCUT2D eigenvalue weighted by Gasteiger charge is 2.05. The molecule has 0 bridgehead atoms. The number of amides is 1. The van der Waals surface area contributed by atoms with Crippen LogP contribution < -0.4 is 5.32 Å². The van der Waals surface area contributed by atoms with Gasteiger partial charge in [-0.2, -0.15) is 0 Å². The Morgan fingerprint density at radius 3 is 2.25 bits per heavy atom. The number of benzene rings is 2. The number of rotatable bonds is 3. The van der Waals surface area contributed by atoms with Crippen molar-refractivity contribution in [2.24, 2.45) is 0 Å². The lowest BCUT2D eigenvalue weighted by Crippen LogP contribution is -2.09. The molecule has 0 heterocycles. The van der Waals surface area contributed by atoms with E-state index in [0.717, 1.165) is 12.1 Å². The minimum atomic E-state index is -0.853. The Bertz CT molecular complexity index is 651. The van der Waals surface area contributed by atoms with Crippen LogP contribution >= 0.6 is 0 Å². The topological polar surface area (TPSA) is 29.1 Å². The molecule has 2 rings (SSSR count). The van der Waals surface area contributed by atoms with Crippen molar-refractivity contribution in [3.8, 4) is 0 Å². The van der Waals surface area contributed by atoms with Gasteiger partial charge >= 0.3 is 0 Å². The molecule has 0 atom stereocenters. The Kier molecular flexibility index (Phi) is 4.20. The molecule has 5 heteroatoms.